The van der Waals surface area contributed by atoms with Gasteiger partial charge >= 0.3 is 11.9 Å². The number of nitrogens with zero attached hydrogens (tertiary/aromatic N) is 2. The van der Waals surface area contributed by atoms with E-state index in [9.17, 15) is 19.5 Å². The summed E-state index contributed by atoms with van der Waals surface area (Å²) < 4.78 is 11.5. The Labute approximate surface area is 221 Å². The Kier molecular flexibility index (Phi) is 10.5. The molecule has 1 aromatic rings. The highest BCUT2D eigenvalue weighted by molar-refractivity contribution is 8.18. The van der Waals surface area contributed by atoms with Crippen LogP contribution in [0.15, 0.2) is 34.2 Å². The van der Waals surface area contributed by atoms with Gasteiger partial charge in [-0.1, -0.05) is 38.8 Å². The van der Waals surface area contributed by atoms with E-state index in [0.717, 1.165) is 48.9 Å². The molecule has 0 aromatic heterocycles. The zero-order valence-electron chi connectivity index (χ0n) is 21.3. The summed E-state index contributed by atoms with van der Waals surface area (Å²) in [6.45, 7) is 7.34. The van der Waals surface area contributed by atoms with Gasteiger partial charge in [0.2, 0.25) is 0 Å². The molecule has 202 valence electrons. The Balaban J connectivity index is 0.000000886. The fourth-order valence-electron chi connectivity index (χ4n) is 3.96. The van der Waals surface area contributed by atoms with Crippen LogP contribution in [0.25, 0.3) is 6.08 Å². The van der Waals surface area contributed by atoms with Gasteiger partial charge in [0.25, 0.3) is 5.91 Å². The van der Waals surface area contributed by atoms with Crippen molar-refractivity contribution in [3.05, 3.63) is 34.7 Å². The fourth-order valence-corrected chi connectivity index (χ4v) is 4.83. The zero-order valence-corrected chi connectivity index (χ0v) is 22.1. The number of aliphatic imine (C=N–C) groups is 1. The molecule has 4 rings (SSSR count). The fraction of sp³-hybridized carbons (Fsp3) is 0.538. The van der Waals surface area contributed by atoms with Gasteiger partial charge in [-0.15, -0.1) is 0 Å². The molecule has 0 radical (unpaired) electrons. The normalized spacial score (nSPS) is 21.6. The Hall–Kier alpha value is -2.89. The lowest BCUT2D eigenvalue weighted by atomic mass is 10.0. The first-order valence-corrected chi connectivity index (χ1v) is 13.4. The number of thioether (sulfide) groups is 1. The van der Waals surface area contributed by atoms with Crippen LogP contribution in [-0.2, 0) is 23.9 Å². The third-order valence-electron chi connectivity index (χ3n) is 6.24. The van der Waals surface area contributed by atoms with Gasteiger partial charge in [0, 0.05) is 38.0 Å². The smallest absolute Gasteiger partial charge is 0.328 e. The second-order valence-corrected chi connectivity index (χ2v) is 10.0. The zero-order chi connectivity index (χ0) is 26.8. The van der Waals surface area contributed by atoms with Crippen LogP contribution in [-0.4, -0.2) is 71.4 Å². The van der Waals surface area contributed by atoms with Gasteiger partial charge in [0.15, 0.2) is 17.0 Å². The van der Waals surface area contributed by atoms with Gasteiger partial charge in [0.1, 0.15) is 0 Å². The summed E-state index contributed by atoms with van der Waals surface area (Å²) >= 11 is 1.04. The number of unbranched alkanes of at least 4 members (excludes halogenated alkanes) is 1. The average molecular weight is 534 g/mol. The lowest BCUT2D eigenvalue weighted by molar-refractivity contribution is -0.169. The van der Waals surface area contributed by atoms with Crippen LogP contribution >= 0.6 is 11.8 Å². The molecule has 3 saturated heterocycles. The van der Waals surface area contributed by atoms with Crippen LogP contribution in [0.3, 0.4) is 0 Å². The van der Waals surface area contributed by atoms with E-state index < -0.39 is 23.8 Å². The summed E-state index contributed by atoms with van der Waals surface area (Å²) in [6.07, 6.45) is 5.52. The van der Waals surface area contributed by atoms with Crippen LogP contribution in [0.4, 0.5) is 5.69 Å². The van der Waals surface area contributed by atoms with Gasteiger partial charge < -0.3 is 29.9 Å². The van der Waals surface area contributed by atoms with Crippen molar-refractivity contribution < 1.29 is 34.1 Å². The molecule has 11 heteroatoms. The quantitative estimate of drug-likeness (QED) is 0.427. The molecule has 37 heavy (non-hydrogen) atoms. The van der Waals surface area contributed by atoms with Crippen LogP contribution < -0.4 is 10.2 Å². The number of hydrogen-bond donors (Lipinski definition) is 3. The number of carbonyl (C=O) groups excluding carboxylic acids is 1. The second kappa shape index (κ2) is 13.6. The molecule has 3 fully saturated rings. The molecule has 1 atom stereocenters. The highest BCUT2D eigenvalue weighted by Gasteiger charge is 2.39. The predicted molar refractivity (Wildman–Crippen MR) is 143 cm³/mol. The topological polar surface area (TPSA) is 138 Å². The second-order valence-electron chi connectivity index (χ2n) is 8.97. The number of benzene rings is 1. The first-order valence-electron chi connectivity index (χ1n) is 12.6. The number of carbonyl (C=O) groups is 3. The first-order chi connectivity index (χ1) is 17.7. The van der Waals surface area contributed by atoms with Gasteiger partial charge in [-0.3, -0.25) is 9.59 Å². The molecule has 10 nitrogen and oxygen atoms in total. The van der Waals surface area contributed by atoms with Crippen LogP contribution in [0, 0.1) is 0 Å². The lowest BCUT2D eigenvalue weighted by Crippen LogP contribution is -2.45. The molecule has 3 heterocycles. The van der Waals surface area contributed by atoms with E-state index in [1.807, 2.05) is 24.3 Å². The van der Waals surface area contributed by atoms with Crippen molar-refractivity contribution in [2.24, 2.45) is 4.99 Å². The van der Waals surface area contributed by atoms with Gasteiger partial charge in [0.05, 0.1) is 18.1 Å². The molecule has 3 N–H and O–H groups in total. The molecule has 0 bridgehead atoms. The highest BCUT2D eigenvalue weighted by atomic mass is 32.2. The maximum absolute atomic E-state index is 12.3. The molecule has 3 aliphatic rings. The Morgan fingerprint density at radius 3 is 2.30 bits per heavy atom. The number of ether oxygens (including phenoxy) is 2. The summed E-state index contributed by atoms with van der Waals surface area (Å²) in [4.78, 5) is 41.0. The molecule has 1 aromatic carbocycles. The van der Waals surface area contributed by atoms with Crippen LogP contribution in [0.1, 0.15) is 57.9 Å². The van der Waals surface area contributed by atoms with E-state index in [-0.39, 0.29) is 23.9 Å². The number of anilines is 1. The van der Waals surface area contributed by atoms with E-state index in [4.69, 9.17) is 14.6 Å². The van der Waals surface area contributed by atoms with E-state index in [0.29, 0.717) is 18.1 Å². The van der Waals surface area contributed by atoms with Crippen LogP contribution in [0.5, 0.6) is 0 Å². The SMILES string of the molecule is CCCC.O=C(O)CC[C@H](N=C1NC(=O)/C(=C/c2ccc(N3CCC4(CC3)OCCO4)cc2)S1)C(=O)O. The summed E-state index contributed by atoms with van der Waals surface area (Å²) in [6, 6.07) is 6.61. The number of hydrogen-bond acceptors (Lipinski definition) is 8. The lowest BCUT2D eigenvalue weighted by Gasteiger charge is -2.38. The minimum absolute atomic E-state index is 0.152. The number of amides is 1. The molecular formula is C26H35N3O7S. The maximum Gasteiger partial charge on any atom is 0.328 e. The predicted octanol–water partition coefficient (Wildman–Crippen LogP) is 3.71. The summed E-state index contributed by atoms with van der Waals surface area (Å²) in [7, 11) is 0. The van der Waals surface area contributed by atoms with Gasteiger partial charge in [-0.2, -0.15) is 0 Å². The molecule has 0 saturated carbocycles. The number of amidine groups is 1. The molecule has 0 aliphatic carbocycles. The summed E-state index contributed by atoms with van der Waals surface area (Å²) in [5.41, 5.74) is 1.91. The summed E-state index contributed by atoms with van der Waals surface area (Å²) in [5.74, 6) is -3.12. The minimum Gasteiger partial charge on any atom is -0.481 e. The molecule has 1 spiro atoms. The van der Waals surface area contributed by atoms with E-state index in [2.05, 4.69) is 29.1 Å². The van der Waals surface area contributed by atoms with E-state index >= 15 is 0 Å². The minimum atomic E-state index is -1.23. The van der Waals surface area contributed by atoms with Crippen LogP contribution in [0.2, 0.25) is 0 Å². The number of piperidine rings is 1. The van der Waals surface area contributed by atoms with Crippen molar-refractivity contribution in [1.82, 2.24) is 5.32 Å². The monoisotopic (exact) mass is 533 g/mol. The van der Waals surface area contributed by atoms with Crippen molar-refractivity contribution in [1.29, 1.82) is 0 Å². The third kappa shape index (κ3) is 8.31. The third-order valence-corrected chi connectivity index (χ3v) is 7.16. The Morgan fingerprint density at radius 1 is 1.14 bits per heavy atom. The number of carboxylic acids is 2. The molecular weight excluding hydrogens is 498 g/mol. The Morgan fingerprint density at radius 2 is 1.76 bits per heavy atom. The maximum atomic E-state index is 12.3. The van der Waals surface area contributed by atoms with Crippen molar-refractivity contribution in [2.75, 3.05) is 31.2 Å². The van der Waals surface area contributed by atoms with Crippen molar-refractivity contribution >= 4 is 46.5 Å². The van der Waals surface area contributed by atoms with E-state index in [1.165, 1.54) is 12.8 Å². The standard InChI is InChI=1S/C22H25N3O7S.C4H10/c26-18(27)6-5-16(20(29)30)23-21-24-19(28)17(33-21)13-14-1-3-15(4-2-14)25-9-7-22(8-10-25)31-11-12-32-22;1-3-4-2/h1-4,13,16H,5-12H2,(H,26,27)(H,29,30)(H,23,24,28);3-4H2,1-2H3/b17-13-;/t16-;/m0./s1. The Bertz CT molecular complexity index is 1010. The van der Waals surface area contributed by atoms with Gasteiger partial charge in [-0.05, 0) is 42.0 Å². The number of nitrogens with one attached hydrogen (secondary N) is 1. The van der Waals surface area contributed by atoms with Gasteiger partial charge in [-0.25, -0.2) is 9.79 Å². The highest BCUT2D eigenvalue weighted by Crippen LogP contribution is 2.33. The molecule has 1 amide bonds. The number of rotatable bonds is 8. The molecule has 3 aliphatic heterocycles. The average Bonchev–Trinajstić information content (AvgIpc) is 3.48. The van der Waals surface area contributed by atoms with Crippen molar-refractivity contribution in [3.8, 4) is 0 Å². The number of aliphatic carboxylic acids is 2. The molecule has 0 unspecified atom stereocenters. The summed E-state index contributed by atoms with van der Waals surface area (Å²) in [5, 5.41) is 20.7. The van der Waals surface area contributed by atoms with E-state index in [1.54, 1.807) is 6.08 Å². The van der Waals surface area contributed by atoms with Crippen molar-refractivity contribution in [3.63, 3.8) is 0 Å². The largest absolute Gasteiger partial charge is 0.481 e. The van der Waals surface area contributed by atoms with Crippen molar-refractivity contribution in [2.45, 2.75) is 64.2 Å². The number of carboxylic acid groups (broad SMARTS) is 2. The first kappa shape index (κ1) is 28.7.